The zero-order chi connectivity index (χ0) is 27.8. The van der Waals surface area contributed by atoms with Gasteiger partial charge >= 0.3 is 6.80 Å². The zero-order valence-corrected chi connectivity index (χ0v) is 25.3. The van der Waals surface area contributed by atoms with E-state index in [9.17, 15) is 13.6 Å². The molecule has 9 heteroatoms. The fraction of sp³-hybridized carbons (Fsp3) is 0.400. The summed E-state index contributed by atoms with van der Waals surface area (Å²) in [5.41, 5.74) is 2.50. The van der Waals surface area contributed by atoms with Gasteiger partial charge in [-0.2, -0.15) is 0 Å². The number of aromatic nitrogens is 1. The van der Waals surface area contributed by atoms with E-state index in [-0.39, 0.29) is 18.0 Å². The fourth-order valence-electron chi connectivity index (χ4n) is 4.37. The van der Waals surface area contributed by atoms with Gasteiger partial charge in [-0.25, -0.2) is 9.55 Å². The number of fused-ring (bicyclic) bond motifs is 2. The van der Waals surface area contributed by atoms with Gasteiger partial charge in [-0.3, -0.25) is 9.00 Å². The molecule has 2 unspecified atom stereocenters. The molecule has 2 atom stereocenters. The summed E-state index contributed by atoms with van der Waals surface area (Å²) in [5, 5.41) is 0.774. The minimum atomic E-state index is -3.70. The maximum absolute atomic E-state index is 14.1. The SMILES string of the molecule is CCCCCCc1cccc(OP(=O)(OC2=CCC(=O)c3cc4ccc(S(=O)CC)cc4nc32)SCCC)c1. The third kappa shape index (κ3) is 7.62. The van der Waals surface area contributed by atoms with Crippen LogP contribution < -0.4 is 4.52 Å². The summed E-state index contributed by atoms with van der Waals surface area (Å²) in [4.78, 5) is 18.2. The topological polar surface area (TPSA) is 82.6 Å². The second-order valence-corrected chi connectivity index (χ2v) is 15.3. The number of Topliss-reactive ketones (excluding diaryl/α,β-unsaturated/α-hetero) is 1. The predicted molar refractivity (Wildman–Crippen MR) is 162 cm³/mol. The van der Waals surface area contributed by atoms with E-state index in [1.54, 1.807) is 30.3 Å². The second kappa shape index (κ2) is 13.8. The van der Waals surface area contributed by atoms with E-state index in [1.165, 1.54) is 19.3 Å². The molecule has 0 amide bonds. The first kappa shape index (κ1) is 29.6. The minimum absolute atomic E-state index is 0.0827. The Labute approximate surface area is 237 Å². The largest absolute Gasteiger partial charge is 0.492 e. The Balaban J connectivity index is 1.63. The van der Waals surface area contributed by atoms with Crippen LogP contribution in [0.15, 0.2) is 59.5 Å². The quantitative estimate of drug-likeness (QED) is 0.138. The lowest BCUT2D eigenvalue weighted by molar-refractivity contribution is 0.0992. The summed E-state index contributed by atoms with van der Waals surface area (Å²) in [7, 11) is -1.13. The maximum Gasteiger partial charge on any atom is 0.492 e. The minimum Gasteiger partial charge on any atom is -0.408 e. The molecule has 1 heterocycles. The number of aryl methyl sites for hydroxylation is 1. The molecule has 3 aromatic rings. The molecule has 39 heavy (non-hydrogen) atoms. The van der Waals surface area contributed by atoms with Crippen LogP contribution in [0.4, 0.5) is 0 Å². The number of unbranched alkanes of at least 4 members (excludes halogenated alkanes) is 3. The van der Waals surface area contributed by atoms with Crippen LogP contribution in [0.25, 0.3) is 16.7 Å². The van der Waals surface area contributed by atoms with Crippen molar-refractivity contribution in [1.82, 2.24) is 4.98 Å². The van der Waals surface area contributed by atoms with Gasteiger partial charge in [0.15, 0.2) is 11.5 Å². The lowest BCUT2D eigenvalue weighted by Gasteiger charge is -2.23. The third-order valence-electron chi connectivity index (χ3n) is 6.42. The monoisotopic (exact) mass is 585 g/mol. The highest BCUT2D eigenvalue weighted by Crippen LogP contribution is 2.63. The smallest absolute Gasteiger partial charge is 0.408 e. The van der Waals surface area contributed by atoms with E-state index >= 15 is 0 Å². The molecule has 4 rings (SSSR count). The maximum atomic E-state index is 14.1. The number of ketones is 1. The molecule has 6 nitrogen and oxygen atoms in total. The first-order valence-corrected chi connectivity index (χ1v) is 18.1. The average molecular weight is 586 g/mol. The van der Waals surface area contributed by atoms with Crippen LogP contribution in [0.2, 0.25) is 0 Å². The first-order valence-electron chi connectivity index (χ1n) is 13.7. The van der Waals surface area contributed by atoms with Crippen LogP contribution in [0.5, 0.6) is 5.75 Å². The summed E-state index contributed by atoms with van der Waals surface area (Å²) in [6.07, 6.45) is 8.17. The number of nitrogens with zero attached hydrogens (tertiary/aromatic N) is 1. The fourth-order valence-corrected chi connectivity index (χ4v) is 8.52. The molecule has 0 spiro atoms. The van der Waals surface area contributed by atoms with Crippen molar-refractivity contribution in [3.8, 4) is 5.75 Å². The van der Waals surface area contributed by atoms with Gasteiger partial charge in [0.1, 0.15) is 11.4 Å². The molecular weight excluding hydrogens is 549 g/mol. The van der Waals surface area contributed by atoms with E-state index in [4.69, 9.17) is 14.0 Å². The second-order valence-electron chi connectivity index (χ2n) is 9.49. The van der Waals surface area contributed by atoms with Gasteiger partial charge in [0.05, 0.1) is 16.3 Å². The van der Waals surface area contributed by atoms with Gasteiger partial charge in [-0.05, 0) is 72.6 Å². The molecule has 0 bridgehead atoms. The molecule has 1 aromatic heterocycles. The van der Waals surface area contributed by atoms with Gasteiger partial charge in [-0.1, -0.05) is 58.2 Å². The number of benzene rings is 2. The molecule has 0 saturated heterocycles. The Hall–Kier alpha value is -2.41. The highest BCUT2D eigenvalue weighted by atomic mass is 32.7. The van der Waals surface area contributed by atoms with Crippen molar-refractivity contribution in [3.05, 3.63) is 71.4 Å². The molecule has 0 radical (unpaired) electrons. The molecule has 0 N–H and O–H groups in total. The van der Waals surface area contributed by atoms with E-state index in [0.717, 1.165) is 41.6 Å². The standard InChI is InChI=1S/C30H36NO5PS2/c1-4-7-8-9-11-22-12-10-13-24(19-22)35-37(33,38-18-5-2)36-29-17-16-28(32)26-20-23-14-15-25(39(34)6-3)21-27(23)31-30(26)29/h10,12-15,17,19-21H,4-9,11,16,18H2,1-3H3. The van der Waals surface area contributed by atoms with Gasteiger partial charge in [0.2, 0.25) is 0 Å². The normalized spacial score (nSPS) is 15.4. The molecular formula is C30H36NO5PS2. The van der Waals surface area contributed by atoms with Crippen molar-refractivity contribution in [2.24, 2.45) is 0 Å². The summed E-state index contributed by atoms with van der Waals surface area (Å²) < 4.78 is 38.7. The van der Waals surface area contributed by atoms with Gasteiger partial charge in [0.25, 0.3) is 0 Å². The number of carbonyl (C=O) groups excluding carboxylic acids is 1. The first-order chi connectivity index (χ1) is 18.9. The highest BCUT2D eigenvalue weighted by Gasteiger charge is 2.34. The van der Waals surface area contributed by atoms with Crippen molar-refractivity contribution < 1.29 is 22.6 Å². The van der Waals surface area contributed by atoms with Gasteiger partial charge in [-0.15, -0.1) is 0 Å². The van der Waals surface area contributed by atoms with Gasteiger partial charge in [0, 0.05) is 33.8 Å². The molecule has 1 aliphatic rings. The Kier molecular flexibility index (Phi) is 10.4. The molecule has 208 valence electrons. The van der Waals surface area contributed by atoms with Crippen molar-refractivity contribution >= 4 is 51.4 Å². The number of allylic oxidation sites excluding steroid dienone is 1. The summed E-state index contributed by atoms with van der Waals surface area (Å²) in [5.74, 6) is 1.78. The van der Waals surface area contributed by atoms with Crippen molar-refractivity contribution in [1.29, 1.82) is 0 Å². The summed E-state index contributed by atoms with van der Waals surface area (Å²) in [6.45, 7) is 2.36. The van der Waals surface area contributed by atoms with E-state index in [1.807, 2.05) is 32.0 Å². The van der Waals surface area contributed by atoms with Crippen LogP contribution in [-0.2, 0) is 26.3 Å². The van der Waals surface area contributed by atoms with Gasteiger partial charge < -0.3 is 9.05 Å². The Morgan fingerprint density at radius 3 is 2.62 bits per heavy atom. The molecule has 2 aromatic carbocycles. The van der Waals surface area contributed by atoms with Crippen molar-refractivity contribution in [3.63, 3.8) is 0 Å². The Bertz CT molecular complexity index is 1440. The van der Waals surface area contributed by atoms with E-state index in [0.29, 0.717) is 38.9 Å². The summed E-state index contributed by atoms with van der Waals surface area (Å²) in [6, 6.07) is 14.9. The number of hydrogen-bond donors (Lipinski definition) is 0. The van der Waals surface area contributed by atoms with Crippen LogP contribution >= 0.6 is 18.2 Å². The molecule has 0 fully saturated rings. The molecule has 1 aliphatic carbocycles. The number of carbonyl (C=O) groups is 1. The lowest BCUT2D eigenvalue weighted by atomic mass is 9.97. The third-order valence-corrected chi connectivity index (χ3v) is 11.4. The van der Waals surface area contributed by atoms with E-state index in [2.05, 4.69) is 13.0 Å². The number of hydrogen-bond acceptors (Lipinski definition) is 7. The Morgan fingerprint density at radius 1 is 1.00 bits per heavy atom. The van der Waals surface area contributed by atoms with Crippen LogP contribution in [-0.4, -0.2) is 26.5 Å². The zero-order valence-electron chi connectivity index (χ0n) is 22.8. The van der Waals surface area contributed by atoms with E-state index < -0.39 is 17.6 Å². The summed E-state index contributed by atoms with van der Waals surface area (Å²) >= 11 is 1.15. The molecule has 0 aliphatic heterocycles. The number of pyridine rings is 1. The van der Waals surface area contributed by atoms with Crippen LogP contribution in [0.3, 0.4) is 0 Å². The lowest BCUT2D eigenvalue weighted by Crippen LogP contribution is -2.12. The number of rotatable bonds is 14. The van der Waals surface area contributed by atoms with Crippen LogP contribution in [0, 0.1) is 0 Å². The van der Waals surface area contributed by atoms with Crippen molar-refractivity contribution in [2.75, 3.05) is 11.5 Å². The Morgan fingerprint density at radius 2 is 1.85 bits per heavy atom. The molecule has 0 saturated carbocycles. The van der Waals surface area contributed by atoms with Crippen LogP contribution in [0.1, 0.15) is 80.9 Å². The average Bonchev–Trinajstić information content (AvgIpc) is 2.94. The predicted octanol–water partition coefficient (Wildman–Crippen LogP) is 8.76. The highest BCUT2D eigenvalue weighted by molar-refractivity contribution is 8.55. The van der Waals surface area contributed by atoms with Crippen molar-refractivity contribution in [2.45, 2.75) is 70.6 Å².